The van der Waals surface area contributed by atoms with Crippen LogP contribution in [0, 0.1) is 0 Å². The molecule has 0 saturated carbocycles. The molecule has 1 aromatic rings. The standard InChI is InChI=1S/C9H13BrN2O/c1-12-9(10)6-8(11-12)7-2-4-13-5-3-7/h6-7H,2-5H2,1H3. The smallest absolute Gasteiger partial charge is 0.104 e. The van der Waals surface area contributed by atoms with Crippen LogP contribution < -0.4 is 0 Å². The van der Waals surface area contributed by atoms with Crippen molar-refractivity contribution >= 4 is 15.9 Å². The zero-order chi connectivity index (χ0) is 9.26. The fraction of sp³-hybridized carbons (Fsp3) is 0.667. The molecule has 0 atom stereocenters. The Bertz CT molecular complexity index is 272. The normalized spacial score (nSPS) is 19.2. The Hall–Kier alpha value is -0.350. The first-order valence-electron chi connectivity index (χ1n) is 4.54. The van der Waals surface area contributed by atoms with Gasteiger partial charge in [-0.3, -0.25) is 4.68 Å². The third-order valence-electron chi connectivity index (χ3n) is 2.48. The molecule has 4 heteroatoms. The molecule has 13 heavy (non-hydrogen) atoms. The molecule has 0 aliphatic carbocycles. The van der Waals surface area contributed by atoms with Gasteiger partial charge in [0.25, 0.3) is 0 Å². The monoisotopic (exact) mass is 244 g/mol. The topological polar surface area (TPSA) is 27.1 Å². The first kappa shape index (κ1) is 9.21. The van der Waals surface area contributed by atoms with Crippen molar-refractivity contribution in [2.45, 2.75) is 18.8 Å². The molecule has 1 saturated heterocycles. The van der Waals surface area contributed by atoms with Crippen LogP contribution in [0.1, 0.15) is 24.5 Å². The summed E-state index contributed by atoms with van der Waals surface area (Å²) in [5.41, 5.74) is 1.19. The highest BCUT2D eigenvalue weighted by molar-refractivity contribution is 9.10. The molecule has 1 fully saturated rings. The lowest BCUT2D eigenvalue weighted by Gasteiger charge is -2.19. The third-order valence-corrected chi connectivity index (χ3v) is 3.22. The molecule has 0 radical (unpaired) electrons. The molecule has 2 heterocycles. The van der Waals surface area contributed by atoms with Crippen LogP contribution in [-0.4, -0.2) is 23.0 Å². The summed E-state index contributed by atoms with van der Waals surface area (Å²) in [5, 5.41) is 4.45. The van der Waals surface area contributed by atoms with Crippen LogP contribution in [0.15, 0.2) is 10.7 Å². The van der Waals surface area contributed by atoms with Crippen molar-refractivity contribution in [2.75, 3.05) is 13.2 Å². The van der Waals surface area contributed by atoms with Crippen LogP contribution in [0.5, 0.6) is 0 Å². The fourth-order valence-corrected chi connectivity index (χ4v) is 1.97. The molecule has 0 unspecified atom stereocenters. The lowest BCUT2D eigenvalue weighted by atomic mass is 9.97. The molecule has 0 spiro atoms. The van der Waals surface area contributed by atoms with Crippen molar-refractivity contribution < 1.29 is 4.74 Å². The number of halogens is 1. The van der Waals surface area contributed by atoms with Crippen molar-refractivity contribution in [1.29, 1.82) is 0 Å². The summed E-state index contributed by atoms with van der Waals surface area (Å²) in [4.78, 5) is 0. The SMILES string of the molecule is Cn1nc(C2CCOCC2)cc1Br. The van der Waals surface area contributed by atoms with Crippen molar-refractivity contribution in [2.24, 2.45) is 7.05 Å². The number of hydrogen-bond acceptors (Lipinski definition) is 2. The van der Waals surface area contributed by atoms with E-state index in [0.717, 1.165) is 30.7 Å². The van der Waals surface area contributed by atoms with E-state index in [0.29, 0.717) is 5.92 Å². The van der Waals surface area contributed by atoms with Crippen LogP contribution in [0.25, 0.3) is 0 Å². The average Bonchev–Trinajstić information content (AvgIpc) is 2.49. The minimum atomic E-state index is 0.589. The summed E-state index contributed by atoms with van der Waals surface area (Å²) >= 11 is 3.45. The summed E-state index contributed by atoms with van der Waals surface area (Å²) in [7, 11) is 1.95. The van der Waals surface area contributed by atoms with Gasteiger partial charge < -0.3 is 4.74 Å². The first-order valence-corrected chi connectivity index (χ1v) is 5.34. The second kappa shape index (κ2) is 3.80. The van der Waals surface area contributed by atoms with E-state index in [9.17, 15) is 0 Å². The number of aromatic nitrogens is 2. The van der Waals surface area contributed by atoms with E-state index in [4.69, 9.17) is 4.74 Å². The van der Waals surface area contributed by atoms with Crippen molar-refractivity contribution in [3.8, 4) is 0 Å². The van der Waals surface area contributed by atoms with E-state index in [-0.39, 0.29) is 0 Å². The van der Waals surface area contributed by atoms with Gasteiger partial charge in [-0.05, 0) is 34.8 Å². The Labute approximate surface area is 86.2 Å². The second-order valence-corrected chi connectivity index (χ2v) is 4.21. The molecule has 0 aromatic carbocycles. The number of ether oxygens (including phenoxy) is 1. The highest BCUT2D eigenvalue weighted by Gasteiger charge is 2.18. The summed E-state index contributed by atoms with van der Waals surface area (Å²) < 4.78 is 8.23. The van der Waals surface area contributed by atoms with E-state index in [1.807, 2.05) is 11.7 Å². The van der Waals surface area contributed by atoms with Gasteiger partial charge in [-0.25, -0.2) is 0 Å². The molecule has 3 nitrogen and oxygen atoms in total. The lowest BCUT2D eigenvalue weighted by Crippen LogP contribution is -2.14. The van der Waals surface area contributed by atoms with Crippen LogP contribution in [0.4, 0.5) is 0 Å². The van der Waals surface area contributed by atoms with Crippen LogP contribution in [-0.2, 0) is 11.8 Å². The van der Waals surface area contributed by atoms with Crippen LogP contribution in [0.3, 0.4) is 0 Å². The fourth-order valence-electron chi connectivity index (χ4n) is 1.66. The van der Waals surface area contributed by atoms with Crippen molar-refractivity contribution in [3.63, 3.8) is 0 Å². The van der Waals surface area contributed by atoms with Gasteiger partial charge in [-0.15, -0.1) is 0 Å². The third kappa shape index (κ3) is 1.94. The van der Waals surface area contributed by atoms with Gasteiger partial charge >= 0.3 is 0 Å². The van der Waals surface area contributed by atoms with Crippen LogP contribution in [0.2, 0.25) is 0 Å². The zero-order valence-electron chi connectivity index (χ0n) is 7.66. The summed E-state index contributed by atoms with van der Waals surface area (Å²) in [6, 6.07) is 2.11. The summed E-state index contributed by atoms with van der Waals surface area (Å²) in [5.74, 6) is 0.589. The highest BCUT2D eigenvalue weighted by Crippen LogP contribution is 2.27. The minimum Gasteiger partial charge on any atom is -0.381 e. The molecular weight excluding hydrogens is 232 g/mol. The molecule has 2 rings (SSSR count). The van der Waals surface area contributed by atoms with E-state index in [1.54, 1.807) is 0 Å². The average molecular weight is 245 g/mol. The molecule has 1 aromatic heterocycles. The number of aryl methyl sites for hydroxylation is 1. The summed E-state index contributed by atoms with van der Waals surface area (Å²) in [6.45, 7) is 1.75. The maximum atomic E-state index is 5.31. The molecule has 0 bridgehead atoms. The van der Waals surface area contributed by atoms with E-state index in [1.165, 1.54) is 5.69 Å². The number of hydrogen-bond donors (Lipinski definition) is 0. The van der Waals surface area contributed by atoms with Gasteiger partial charge in [0.15, 0.2) is 0 Å². The maximum absolute atomic E-state index is 5.31. The Morgan fingerprint density at radius 1 is 1.54 bits per heavy atom. The Morgan fingerprint density at radius 2 is 2.23 bits per heavy atom. The van der Waals surface area contributed by atoms with Gasteiger partial charge in [0, 0.05) is 26.2 Å². The predicted molar refractivity (Wildman–Crippen MR) is 53.7 cm³/mol. The van der Waals surface area contributed by atoms with E-state index < -0.39 is 0 Å². The molecule has 1 aliphatic heterocycles. The van der Waals surface area contributed by atoms with Crippen molar-refractivity contribution in [1.82, 2.24) is 9.78 Å². The molecule has 0 amide bonds. The zero-order valence-corrected chi connectivity index (χ0v) is 9.25. The highest BCUT2D eigenvalue weighted by atomic mass is 79.9. The Kier molecular flexibility index (Phi) is 2.69. The Morgan fingerprint density at radius 3 is 2.77 bits per heavy atom. The van der Waals surface area contributed by atoms with Gasteiger partial charge in [-0.1, -0.05) is 0 Å². The summed E-state index contributed by atoms with van der Waals surface area (Å²) in [6.07, 6.45) is 2.20. The van der Waals surface area contributed by atoms with E-state index in [2.05, 4.69) is 27.1 Å². The van der Waals surface area contributed by atoms with Crippen molar-refractivity contribution in [3.05, 3.63) is 16.4 Å². The molecule has 1 aliphatic rings. The van der Waals surface area contributed by atoms with E-state index >= 15 is 0 Å². The van der Waals surface area contributed by atoms with Gasteiger partial charge in [0.05, 0.1) is 5.69 Å². The Balaban J connectivity index is 2.14. The van der Waals surface area contributed by atoms with Gasteiger partial charge in [-0.2, -0.15) is 5.10 Å². The number of rotatable bonds is 1. The van der Waals surface area contributed by atoms with Gasteiger partial charge in [0.2, 0.25) is 0 Å². The molecular formula is C9H13BrN2O. The number of nitrogens with zero attached hydrogens (tertiary/aromatic N) is 2. The lowest BCUT2D eigenvalue weighted by molar-refractivity contribution is 0.0844. The largest absolute Gasteiger partial charge is 0.381 e. The van der Waals surface area contributed by atoms with Gasteiger partial charge in [0.1, 0.15) is 4.60 Å². The first-order chi connectivity index (χ1) is 6.27. The quantitative estimate of drug-likeness (QED) is 0.757. The van der Waals surface area contributed by atoms with Crippen LogP contribution >= 0.6 is 15.9 Å². The molecule has 72 valence electrons. The molecule has 0 N–H and O–H groups in total. The predicted octanol–water partition coefficient (Wildman–Crippen LogP) is 2.08. The minimum absolute atomic E-state index is 0.589. The second-order valence-electron chi connectivity index (χ2n) is 3.40. The maximum Gasteiger partial charge on any atom is 0.104 e.